The standard InChI is InChI=1S/C9H9Cl2NO4S/c1-5(9(13)14)12-17(15,16)6-2-3-7(10)8(11)4-6/h2-5,12H,1H3,(H,13,14). The van der Waals surface area contributed by atoms with Gasteiger partial charge in [-0.05, 0) is 25.1 Å². The van der Waals surface area contributed by atoms with E-state index in [9.17, 15) is 13.2 Å². The van der Waals surface area contributed by atoms with Crippen molar-refractivity contribution in [3.63, 3.8) is 0 Å². The lowest BCUT2D eigenvalue weighted by atomic mass is 10.4. The van der Waals surface area contributed by atoms with E-state index in [4.69, 9.17) is 28.3 Å². The monoisotopic (exact) mass is 297 g/mol. The molecule has 0 saturated heterocycles. The molecule has 0 amide bonds. The van der Waals surface area contributed by atoms with E-state index in [1.807, 2.05) is 4.72 Å². The number of rotatable bonds is 4. The fourth-order valence-corrected chi connectivity index (χ4v) is 2.58. The molecular weight excluding hydrogens is 289 g/mol. The normalized spacial score (nSPS) is 13.4. The Kier molecular flexibility index (Phi) is 4.37. The van der Waals surface area contributed by atoms with Gasteiger partial charge in [-0.1, -0.05) is 23.2 Å². The molecule has 0 spiro atoms. The van der Waals surface area contributed by atoms with Crippen LogP contribution < -0.4 is 4.72 Å². The lowest BCUT2D eigenvalue weighted by Crippen LogP contribution is -2.38. The first-order chi connectivity index (χ1) is 7.74. The number of benzene rings is 1. The third-order valence-corrected chi connectivity index (χ3v) is 4.18. The Morgan fingerprint density at radius 3 is 2.41 bits per heavy atom. The number of hydrogen-bond acceptors (Lipinski definition) is 3. The molecule has 17 heavy (non-hydrogen) atoms. The smallest absolute Gasteiger partial charge is 0.321 e. The summed E-state index contributed by atoms with van der Waals surface area (Å²) < 4.78 is 25.5. The third kappa shape index (κ3) is 3.57. The van der Waals surface area contributed by atoms with Crippen molar-refractivity contribution >= 4 is 39.2 Å². The second-order valence-corrected chi connectivity index (χ2v) is 5.79. The van der Waals surface area contributed by atoms with Gasteiger partial charge in [0.1, 0.15) is 6.04 Å². The Labute approximate surface area is 108 Å². The summed E-state index contributed by atoms with van der Waals surface area (Å²) in [6.45, 7) is 1.22. The molecule has 0 aliphatic heterocycles. The van der Waals surface area contributed by atoms with E-state index in [2.05, 4.69) is 0 Å². The van der Waals surface area contributed by atoms with Gasteiger partial charge < -0.3 is 5.11 Å². The van der Waals surface area contributed by atoms with Gasteiger partial charge in [-0.15, -0.1) is 0 Å². The SMILES string of the molecule is CC(NS(=O)(=O)c1ccc(Cl)c(Cl)c1)C(=O)O. The largest absolute Gasteiger partial charge is 0.480 e. The van der Waals surface area contributed by atoms with Crippen molar-refractivity contribution in [3.05, 3.63) is 28.2 Å². The van der Waals surface area contributed by atoms with E-state index in [0.717, 1.165) is 6.07 Å². The summed E-state index contributed by atoms with van der Waals surface area (Å²) in [6.07, 6.45) is 0. The van der Waals surface area contributed by atoms with E-state index in [1.165, 1.54) is 19.1 Å². The Bertz CT molecular complexity index is 544. The summed E-state index contributed by atoms with van der Waals surface area (Å²) in [5.41, 5.74) is 0. The second kappa shape index (κ2) is 5.22. The predicted octanol–water partition coefficient (Wildman–Crippen LogP) is 1.74. The van der Waals surface area contributed by atoms with Crippen LogP contribution in [0, 0.1) is 0 Å². The van der Waals surface area contributed by atoms with Crippen LogP contribution in [0.3, 0.4) is 0 Å². The van der Waals surface area contributed by atoms with Crippen molar-refractivity contribution in [2.24, 2.45) is 0 Å². The summed E-state index contributed by atoms with van der Waals surface area (Å²) >= 11 is 11.3. The maximum absolute atomic E-state index is 11.7. The van der Waals surface area contributed by atoms with E-state index >= 15 is 0 Å². The van der Waals surface area contributed by atoms with Crippen molar-refractivity contribution in [3.8, 4) is 0 Å². The minimum Gasteiger partial charge on any atom is -0.480 e. The van der Waals surface area contributed by atoms with Gasteiger partial charge in [-0.2, -0.15) is 4.72 Å². The molecule has 0 aliphatic rings. The molecule has 94 valence electrons. The number of hydrogen-bond donors (Lipinski definition) is 2. The zero-order valence-corrected chi connectivity index (χ0v) is 11.0. The maximum Gasteiger partial charge on any atom is 0.321 e. The predicted molar refractivity (Wildman–Crippen MR) is 63.9 cm³/mol. The van der Waals surface area contributed by atoms with Gasteiger partial charge in [0.15, 0.2) is 0 Å². The van der Waals surface area contributed by atoms with Gasteiger partial charge >= 0.3 is 5.97 Å². The first-order valence-corrected chi connectivity index (χ1v) is 6.68. The number of carboxylic acids is 1. The minimum absolute atomic E-state index is 0.0810. The minimum atomic E-state index is -3.92. The van der Waals surface area contributed by atoms with Crippen LogP contribution >= 0.6 is 23.2 Å². The zero-order valence-electron chi connectivity index (χ0n) is 8.65. The molecule has 0 bridgehead atoms. The van der Waals surface area contributed by atoms with Gasteiger partial charge in [-0.3, -0.25) is 4.79 Å². The van der Waals surface area contributed by atoms with Gasteiger partial charge in [0.2, 0.25) is 10.0 Å². The first-order valence-electron chi connectivity index (χ1n) is 4.44. The molecule has 0 radical (unpaired) electrons. The van der Waals surface area contributed by atoms with Crippen LogP contribution in [0.1, 0.15) is 6.92 Å². The van der Waals surface area contributed by atoms with Crippen molar-refractivity contribution in [2.75, 3.05) is 0 Å². The fraction of sp³-hybridized carbons (Fsp3) is 0.222. The average molecular weight is 298 g/mol. The van der Waals surface area contributed by atoms with E-state index in [1.54, 1.807) is 0 Å². The number of halogens is 2. The summed E-state index contributed by atoms with van der Waals surface area (Å²) in [6, 6.07) is 2.49. The van der Waals surface area contributed by atoms with Crippen LogP contribution in [0.4, 0.5) is 0 Å². The molecule has 1 atom stereocenters. The molecule has 0 aromatic heterocycles. The first kappa shape index (κ1) is 14.2. The molecule has 1 aromatic carbocycles. The van der Waals surface area contributed by atoms with Gasteiger partial charge in [0.05, 0.1) is 14.9 Å². The van der Waals surface area contributed by atoms with Crippen molar-refractivity contribution < 1.29 is 18.3 Å². The molecule has 1 unspecified atom stereocenters. The van der Waals surface area contributed by atoms with Crippen molar-refractivity contribution in [2.45, 2.75) is 17.9 Å². The van der Waals surface area contributed by atoms with E-state index < -0.39 is 22.0 Å². The third-order valence-electron chi connectivity index (χ3n) is 1.90. The summed E-state index contributed by atoms with van der Waals surface area (Å²) in [5.74, 6) is -1.27. The molecular formula is C9H9Cl2NO4S. The molecule has 0 heterocycles. The quantitative estimate of drug-likeness (QED) is 0.887. The highest BCUT2D eigenvalue weighted by Crippen LogP contribution is 2.24. The number of nitrogens with one attached hydrogen (secondary N) is 1. The molecule has 0 aliphatic carbocycles. The Balaban J connectivity index is 3.05. The Morgan fingerprint density at radius 1 is 1.35 bits per heavy atom. The lowest BCUT2D eigenvalue weighted by molar-refractivity contribution is -0.138. The van der Waals surface area contributed by atoms with Crippen molar-refractivity contribution in [1.82, 2.24) is 4.72 Å². The van der Waals surface area contributed by atoms with Crippen LogP contribution in [0.5, 0.6) is 0 Å². The maximum atomic E-state index is 11.7. The number of aliphatic carboxylic acids is 1. The van der Waals surface area contributed by atoms with Crippen LogP contribution in [0.2, 0.25) is 10.0 Å². The molecule has 8 heteroatoms. The molecule has 0 fully saturated rings. The highest BCUT2D eigenvalue weighted by molar-refractivity contribution is 7.89. The Morgan fingerprint density at radius 2 is 1.94 bits per heavy atom. The van der Waals surface area contributed by atoms with Gasteiger partial charge in [0, 0.05) is 0 Å². The van der Waals surface area contributed by atoms with Crippen LogP contribution in [-0.2, 0) is 14.8 Å². The highest BCUT2D eigenvalue weighted by Gasteiger charge is 2.21. The van der Waals surface area contributed by atoms with Crippen LogP contribution in [0.25, 0.3) is 0 Å². The lowest BCUT2D eigenvalue weighted by Gasteiger charge is -2.10. The summed E-state index contributed by atoms with van der Waals surface area (Å²) in [5, 5.41) is 8.92. The number of carbonyl (C=O) groups is 1. The molecule has 0 saturated carbocycles. The van der Waals surface area contributed by atoms with Gasteiger partial charge in [-0.25, -0.2) is 8.42 Å². The van der Waals surface area contributed by atoms with Crippen molar-refractivity contribution in [1.29, 1.82) is 0 Å². The van der Waals surface area contributed by atoms with E-state index in [-0.39, 0.29) is 14.9 Å². The zero-order chi connectivity index (χ0) is 13.2. The average Bonchev–Trinajstić information content (AvgIpc) is 2.21. The Hall–Kier alpha value is -0.820. The number of carboxylic acid groups (broad SMARTS) is 1. The van der Waals surface area contributed by atoms with Crippen LogP contribution in [-0.4, -0.2) is 25.5 Å². The summed E-state index contributed by atoms with van der Waals surface area (Å²) in [7, 11) is -3.92. The van der Waals surface area contributed by atoms with Gasteiger partial charge in [0.25, 0.3) is 0 Å². The van der Waals surface area contributed by atoms with Crippen LogP contribution in [0.15, 0.2) is 23.1 Å². The highest BCUT2D eigenvalue weighted by atomic mass is 35.5. The molecule has 1 rings (SSSR count). The number of sulfonamides is 1. The van der Waals surface area contributed by atoms with E-state index in [0.29, 0.717) is 0 Å². The summed E-state index contributed by atoms with van der Waals surface area (Å²) in [4.78, 5) is 10.4. The fourth-order valence-electron chi connectivity index (χ4n) is 0.995. The molecule has 2 N–H and O–H groups in total. The molecule has 1 aromatic rings. The second-order valence-electron chi connectivity index (χ2n) is 3.26. The topological polar surface area (TPSA) is 83.5 Å². The molecule has 5 nitrogen and oxygen atoms in total.